The first-order valence-electron chi connectivity index (χ1n) is 10.4. The highest BCUT2D eigenvalue weighted by atomic mass is 35.5. The number of halogens is 1. The Labute approximate surface area is 187 Å². The molecule has 4 heterocycles. The second-order valence-corrected chi connectivity index (χ2v) is 7.79. The average Bonchev–Trinajstić information content (AvgIpc) is 3.11. The van der Waals surface area contributed by atoms with E-state index in [1.54, 1.807) is 0 Å². The SMILES string of the molecule is C[C@@H]1OCCN(c2cc(N3CCOCC3)nc(-n3c(N)nc4ccccc43)n2)[C@@H]1C.Cl. The minimum absolute atomic E-state index is 0. The number of anilines is 3. The molecular formula is C21H28ClN7O2. The molecule has 9 nitrogen and oxygen atoms in total. The first-order valence-corrected chi connectivity index (χ1v) is 10.4. The first-order chi connectivity index (χ1) is 14.6. The lowest BCUT2D eigenvalue weighted by Gasteiger charge is -2.39. The second kappa shape index (κ2) is 8.86. The summed E-state index contributed by atoms with van der Waals surface area (Å²) in [5, 5.41) is 0. The third kappa shape index (κ3) is 4.00. The van der Waals surface area contributed by atoms with E-state index >= 15 is 0 Å². The number of aromatic nitrogens is 4. The van der Waals surface area contributed by atoms with E-state index in [0.29, 0.717) is 31.7 Å². The minimum atomic E-state index is 0. The van der Waals surface area contributed by atoms with Crippen molar-refractivity contribution in [2.75, 3.05) is 55.0 Å². The van der Waals surface area contributed by atoms with Gasteiger partial charge in [-0.15, -0.1) is 12.4 Å². The second-order valence-electron chi connectivity index (χ2n) is 7.79. The van der Waals surface area contributed by atoms with Gasteiger partial charge in [0.2, 0.25) is 11.9 Å². The van der Waals surface area contributed by atoms with Crippen LogP contribution in [0.25, 0.3) is 17.0 Å². The molecule has 0 aliphatic carbocycles. The molecule has 2 aliphatic heterocycles. The van der Waals surface area contributed by atoms with Crippen LogP contribution in [0.5, 0.6) is 0 Å². The van der Waals surface area contributed by atoms with E-state index in [0.717, 1.165) is 42.3 Å². The summed E-state index contributed by atoms with van der Waals surface area (Å²) in [5.41, 5.74) is 8.01. The van der Waals surface area contributed by atoms with Gasteiger partial charge in [0.05, 0.1) is 43.0 Å². The van der Waals surface area contributed by atoms with Crippen molar-refractivity contribution < 1.29 is 9.47 Å². The monoisotopic (exact) mass is 445 g/mol. The molecule has 10 heteroatoms. The van der Waals surface area contributed by atoms with Crippen LogP contribution in [-0.2, 0) is 9.47 Å². The summed E-state index contributed by atoms with van der Waals surface area (Å²) in [6.45, 7) is 8.70. The number of para-hydroxylation sites is 2. The molecule has 1 aromatic carbocycles. The van der Waals surface area contributed by atoms with Gasteiger partial charge in [0.1, 0.15) is 11.6 Å². The Balaban J connectivity index is 0.00000231. The average molecular weight is 446 g/mol. The van der Waals surface area contributed by atoms with Crippen LogP contribution < -0.4 is 15.5 Å². The van der Waals surface area contributed by atoms with Gasteiger partial charge in [0.15, 0.2) is 0 Å². The normalized spacial score (nSPS) is 21.9. The van der Waals surface area contributed by atoms with Gasteiger partial charge < -0.3 is 25.0 Å². The Morgan fingerprint density at radius 3 is 2.52 bits per heavy atom. The molecular weight excluding hydrogens is 418 g/mol. The lowest BCUT2D eigenvalue weighted by molar-refractivity contribution is 0.0281. The summed E-state index contributed by atoms with van der Waals surface area (Å²) in [4.78, 5) is 18.9. The molecule has 31 heavy (non-hydrogen) atoms. The number of hydrogen-bond donors (Lipinski definition) is 1. The van der Waals surface area contributed by atoms with Crippen LogP contribution in [0.15, 0.2) is 30.3 Å². The number of morpholine rings is 2. The molecule has 2 saturated heterocycles. The molecule has 0 unspecified atom stereocenters. The van der Waals surface area contributed by atoms with Crippen LogP contribution >= 0.6 is 12.4 Å². The molecule has 0 radical (unpaired) electrons. The van der Waals surface area contributed by atoms with Gasteiger partial charge in [0.25, 0.3) is 0 Å². The molecule has 2 aromatic heterocycles. The standard InChI is InChI=1S/C21H27N7O2.ClH/c1-14-15(2)30-12-9-27(14)19-13-18(26-7-10-29-11-8-26)24-21(25-19)28-17-6-4-3-5-16(17)23-20(28)22;/h3-6,13-15H,7-12H2,1-2H3,(H2,22,23);1H/t14-,15+;/m1./s1. The fraction of sp³-hybridized carbons (Fsp3) is 0.476. The van der Waals surface area contributed by atoms with Gasteiger partial charge in [-0.1, -0.05) is 12.1 Å². The zero-order chi connectivity index (χ0) is 20.7. The van der Waals surface area contributed by atoms with Crippen LogP contribution in [0, 0.1) is 0 Å². The maximum Gasteiger partial charge on any atom is 0.241 e. The fourth-order valence-corrected chi connectivity index (χ4v) is 4.12. The number of nitrogens with zero attached hydrogens (tertiary/aromatic N) is 6. The maximum absolute atomic E-state index is 6.30. The van der Waals surface area contributed by atoms with Crippen LogP contribution in [0.2, 0.25) is 0 Å². The highest BCUT2D eigenvalue weighted by Gasteiger charge is 2.28. The molecule has 3 aromatic rings. The minimum Gasteiger partial charge on any atom is -0.378 e. The van der Waals surface area contributed by atoms with Crippen molar-refractivity contribution >= 4 is 41.0 Å². The quantitative estimate of drug-likeness (QED) is 0.656. The van der Waals surface area contributed by atoms with Gasteiger partial charge in [-0.2, -0.15) is 9.97 Å². The summed E-state index contributed by atoms with van der Waals surface area (Å²) in [6, 6.07) is 10.1. The number of imidazole rings is 1. The molecule has 5 rings (SSSR count). The van der Waals surface area contributed by atoms with Crippen molar-refractivity contribution in [3.63, 3.8) is 0 Å². The van der Waals surface area contributed by atoms with Crippen molar-refractivity contribution in [3.05, 3.63) is 30.3 Å². The number of benzene rings is 1. The molecule has 2 N–H and O–H groups in total. The van der Waals surface area contributed by atoms with Crippen LogP contribution in [0.1, 0.15) is 13.8 Å². The van der Waals surface area contributed by atoms with Gasteiger partial charge in [-0.25, -0.2) is 9.55 Å². The van der Waals surface area contributed by atoms with Crippen molar-refractivity contribution in [2.45, 2.75) is 26.0 Å². The number of ether oxygens (including phenoxy) is 2. The molecule has 2 aliphatic rings. The topological polar surface area (TPSA) is 94.6 Å². The molecule has 0 spiro atoms. The van der Waals surface area contributed by atoms with Crippen LogP contribution in [-0.4, -0.2) is 71.1 Å². The first kappa shape index (κ1) is 21.6. The van der Waals surface area contributed by atoms with E-state index in [9.17, 15) is 0 Å². The predicted molar refractivity (Wildman–Crippen MR) is 124 cm³/mol. The zero-order valence-electron chi connectivity index (χ0n) is 17.8. The van der Waals surface area contributed by atoms with Crippen molar-refractivity contribution in [1.29, 1.82) is 0 Å². The van der Waals surface area contributed by atoms with Gasteiger partial charge in [-0.05, 0) is 26.0 Å². The number of nitrogen functional groups attached to an aromatic ring is 1. The van der Waals surface area contributed by atoms with E-state index < -0.39 is 0 Å². The summed E-state index contributed by atoms with van der Waals surface area (Å²) < 4.78 is 13.2. The molecule has 0 bridgehead atoms. The van der Waals surface area contributed by atoms with Gasteiger partial charge in [-0.3, -0.25) is 0 Å². The van der Waals surface area contributed by atoms with Gasteiger partial charge >= 0.3 is 0 Å². The largest absolute Gasteiger partial charge is 0.378 e. The van der Waals surface area contributed by atoms with Crippen molar-refractivity contribution in [2.24, 2.45) is 0 Å². The Hall–Kier alpha value is -2.62. The Morgan fingerprint density at radius 1 is 0.968 bits per heavy atom. The fourth-order valence-electron chi connectivity index (χ4n) is 4.12. The van der Waals surface area contributed by atoms with Crippen molar-refractivity contribution in [3.8, 4) is 5.95 Å². The van der Waals surface area contributed by atoms with E-state index in [4.69, 9.17) is 25.2 Å². The maximum atomic E-state index is 6.30. The highest BCUT2D eigenvalue weighted by molar-refractivity contribution is 5.85. The van der Waals surface area contributed by atoms with Crippen LogP contribution in [0.4, 0.5) is 17.6 Å². The Bertz CT molecular complexity index is 1050. The third-order valence-corrected chi connectivity index (χ3v) is 5.99. The Kier molecular flexibility index (Phi) is 6.17. The van der Waals surface area contributed by atoms with Crippen molar-refractivity contribution in [1.82, 2.24) is 19.5 Å². The van der Waals surface area contributed by atoms with Gasteiger partial charge in [0, 0.05) is 25.7 Å². The van der Waals surface area contributed by atoms with E-state index in [1.165, 1.54) is 0 Å². The highest BCUT2D eigenvalue weighted by Crippen LogP contribution is 2.28. The Morgan fingerprint density at radius 2 is 1.71 bits per heavy atom. The summed E-state index contributed by atoms with van der Waals surface area (Å²) in [5.74, 6) is 2.67. The molecule has 166 valence electrons. The lowest BCUT2D eigenvalue weighted by atomic mass is 10.1. The third-order valence-electron chi connectivity index (χ3n) is 5.99. The number of fused-ring (bicyclic) bond motifs is 1. The summed E-state index contributed by atoms with van der Waals surface area (Å²) in [7, 11) is 0. The number of hydrogen-bond acceptors (Lipinski definition) is 8. The zero-order valence-corrected chi connectivity index (χ0v) is 18.6. The lowest BCUT2D eigenvalue weighted by Crippen LogP contribution is -2.49. The summed E-state index contributed by atoms with van der Waals surface area (Å²) >= 11 is 0. The molecule has 2 fully saturated rings. The van der Waals surface area contributed by atoms with E-state index in [2.05, 4.69) is 34.7 Å². The van der Waals surface area contributed by atoms with E-state index in [-0.39, 0.29) is 24.6 Å². The summed E-state index contributed by atoms with van der Waals surface area (Å²) in [6.07, 6.45) is 0.128. The molecule has 0 saturated carbocycles. The van der Waals surface area contributed by atoms with E-state index in [1.807, 2.05) is 28.8 Å². The molecule has 0 amide bonds. The predicted octanol–water partition coefficient (Wildman–Crippen LogP) is 2.27. The molecule has 2 atom stereocenters. The number of rotatable bonds is 3. The van der Waals surface area contributed by atoms with Crippen LogP contribution in [0.3, 0.4) is 0 Å². The number of nitrogens with two attached hydrogens (primary N) is 1. The smallest absolute Gasteiger partial charge is 0.241 e.